The maximum absolute atomic E-state index is 12.9. The van der Waals surface area contributed by atoms with Gasteiger partial charge >= 0.3 is 0 Å². The first-order chi connectivity index (χ1) is 13.0. The number of hydrogen-bond acceptors (Lipinski definition) is 4. The number of halogens is 1. The van der Waals surface area contributed by atoms with Crippen molar-refractivity contribution in [2.45, 2.75) is 6.42 Å². The molecule has 3 rings (SSSR count). The van der Waals surface area contributed by atoms with Gasteiger partial charge in [0.1, 0.15) is 11.3 Å². The van der Waals surface area contributed by atoms with Gasteiger partial charge in [-0.05, 0) is 24.3 Å². The predicted molar refractivity (Wildman–Crippen MR) is 111 cm³/mol. The lowest BCUT2D eigenvalue weighted by Crippen LogP contribution is -3.06. The van der Waals surface area contributed by atoms with Crippen LogP contribution < -0.4 is 14.5 Å². The fourth-order valence-corrected chi connectivity index (χ4v) is 3.90. The summed E-state index contributed by atoms with van der Waals surface area (Å²) in [4.78, 5) is 20.5. The molecular formula is C20H23ClN3O2S+. The van der Waals surface area contributed by atoms with Gasteiger partial charge in [0.05, 0.1) is 49.9 Å². The van der Waals surface area contributed by atoms with E-state index in [1.165, 1.54) is 16.2 Å². The number of fused-ring (bicyclic) bond motifs is 1. The molecule has 0 aliphatic rings. The average molecular weight is 405 g/mol. The number of thiazole rings is 1. The van der Waals surface area contributed by atoms with E-state index >= 15 is 0 Å². The Kier molecular flexibility index (Phi) is 6.66. The van der Waals surface area contributed by atoms with Gasteiger partial charge in [0.25, 0.3) is 0 Å². The van der Waals surface area contributed by atoms with Crippen molar-refractivity contribution in [1.29, 1.82) is 0 Å². The number of benzene rings is 2. The molecule has 0 saturated heterocycles. The highest BCUT2D eigenvalue weighted by atomic mass is 35.5. The number of anilines is 1. The van der Waals surface area contributed by atoms with Gasteiger partial charge in [-0.25, -0.2) is 4.98 Å². The largest absolute Gasteiger partial charge is 0.493 e. The van der Waals surface area contributed by atoms with E-state index in [1.807, 2.05) is 48.5 Å². The minimum Gasteiger partial charge on any atom is -0.493 e. The summed E-state index contributed by atoms with van der Waals surface area (Å²) < 4.78 is 6.66. The van der Waals surface area contributed by atoms with Gasteiger partial charge in [-0.1, -0.05) is 47.2 Å². The zero-order chi connectivity index (χ0) is 19.2. The lowest BCUT2D eigenvalue weighted by atomic mass is 10.3. The number of ether oxygens (including phenoxy) is 1. The number of aromatic nitrogens is 1. The molecule has 1 aromatic heterocycles. The first-order valence-corrected chi connectivity index (χ1v) is 10.1. The van der Waals surface area contributed by atoms with Crippen LogP contribution in [-0.4, -0.2) is 44.7 Å². The normalized spacial score (nSPS) is 11.1. The second-order valence-electron chi connectivity index (χ2n) is 6.50. The number of amides is 1. The Morgan fingerprint density at radius 1 is 1.19 bits per heavy atom. The SMILES string of the molecule is C[NH+](C)CCN(C(=O)CCOc1ccccc1)c1nc2c(Cl)cccc2s1. The molecule has 7 heteroatoms. The highest BCUT2D eigenvalue weighted by Gasteiger charge is 2.21. The van der Waals surface area contributed by atoms with Gasteiger partial charge in [0.2, 0.25) is 5.91 Å². The highest BCUT2D eigenvalue weighted by Crippen LogP contribution is 2.32. The van der Waals surface area contributed by atoms with Crippen LogP contribution in [0.15, 0.2) is 48.5 Å². The first-order valence-electron chi connectivity index (χ1n) is 8.87. The number of para-hydroxylation sites is 2. The van der Waals surface area contributed by atoms with Crippen LogP contribution in [0.1, 0.15) is 6.42 Å². The van der Waals surface area contributed by atoms with Crippen LogP contribution in [0.5, 0.6) is 5.75 Å². The molecule has 2 aromatic carbocycles. The van der Waals surface area contributed by atoms with Crippen LogP contribution in [0.2, 0.25) is 5.02 Å². The monoisotopic (exact) mass is 404 g/mol. The Morgan fingerprint density at radius 2 is 1.96 bits per heavy atom. The molecule has 1 heterocycles. The lowest BCUT2D eigenvalue weighted by molar-refractivity contribution is -0.856. The summed E-state index contributed by atoms with van der Waals surface area (Å²) in [6.07, 6.45) is 0.293. The van der Waals surface area contributed by atoms with E-state index in [1.54, 1.807) is 4.90 Å². The second-order valence-corrected chi connectivity index (χ2v) is 7.91. The fraction of sp³-hybridized carbons (Fsp3) is 0.300. The molecule has 1 N–H and O–H groups in total. The van der Waals surface area contributed by atoms with Crippen molar-refractivity contribution in [3.8, 4) is 5.75 Å². The molecule has 0 atom stereocenters. The summed E-state index contributed by atoms with van der Waals surface area (Å²) >= 11 is 7.74. The Labute approximate surface area is 168 Å². The van der Waals surface area contributed by atoms with Crippen LogP contribution in [0.25, 0.3) is 10.2 Å². The van der Waals surface area contributed by atoms with Crippen molar-refractivity contribution < 1.29 is 14.4 Å². The van der Waals surface area contributed by atoms with Gasteiger partial charge in [-0.2, -0.15) is 0 Å². The third-order valence-electron chi connectivity index (χ3n) is 4.05. The molecule has 0 aliphatic heterocycles. The summed E-state index contributed by atoms with van der Waals surface area (Å²) in [5.74, 6) is 0.767. The topological polar surface area (TPSA) is 46.9 Å². The molecule has 5 nitrogen and oxygen atoms in total. The van der Waals surface area contributed by atoms with E-state index in [2.05, 4.69) is 19.1 Å². The number of likely N-dealkylation sites (N-methyl/N-ethyl adjacent to an activating group) is 1. The standard InChI is InChI=1S/C20H22ClN3O2S/c1-23(2)12-13-24(18(25)11-14-26-15-7-4-3-5-8-15)20-22-19-16(21)9-6-10-17(19)27-20/h3-10H,11-14H2,1-2H3/p+1. The molecule has 27 heavy (non-hydrogen) atoms. The zero-order valence-electron chi connectivity index (χ0n) is 15.4. The minimum atomic E-state index is 0.00218. The number of nitrogens with one attached hydrogen (secondary N) is 1. The van der Waals surface area contributed by atoms with E-state index in [9.17, 15) is 4.79 Å². The first kappa shape index (κ1) is 19.6. The average Bonchev–Trinajstić information content (AvgIpc) is 3.08. The van der Waals surface area contributed by atoms with Crippen LogP contribution in [-0.2, 0) is 4.79 Å². The number of hydrogen-bond donors (Lipinski definition) is 1. The van der Waals surface area contributed by atoms with Crippen LogP contribution in [0, 0.1) is 0 Å². The maximum Gasteiger partial charge on any atom is 0.232 e. The third kappa shape index (κ3) is 5.19. The molecule has 0 unspecified atom stereocenters. The number of rotatable bonds is 8. The number of nitrogens with zero attached hydrogens (tertiary/aromatic N) is 2. The summed E-state index contributed by atoms with van der Waals surface area (Å²) in [7, 11) is 4.13. The van der Waals surface area contributed by atoms with Gasteiger partial charge in [-0.3, -0.25) is 9.69 Å². The third-order valence-corrected chi connectivity index (χ3v) is 5.40. The summed E-state index contributed by atoms with van der Waals surface area (Å²) in [5, 5.41) is 1.29. The maximum atomic E-state index is 12.9. The molecule has 142 valence electrons. The second kappa shape index (κ2) is 9.17. The van der Waals surface area contributed by atoms with Crippen molar-refractivity contribution in [2.75, 3.05) is 38.7 Å². The molecule has 0 spiro atoms. The molecule has 0 fully saturated rings. The van der Waals surface area contributed by atoms with Crippen molar-refractivity contribution >= 4 is 44.2 Å². The van der Waals surface area contributed by atoms with E-state index in [-0.39, 0.29) is 5.91 Å². The molecule has 3 aromatic rings. The number of carbonyl (C=O) groups excluding carboxylic acids is 1. The molecule has 0 saturated carbocycles. The summed E-state index contributed by atoms with van der Waals surface area (Å²) in [6.45, 7) is 1.76. The predicted octanol–water partition coefficient (Wildman–Crippen LogP) is 2.90. The molecular weight excluding hydrogens is 382 g/mol. The summed E-state index contributed by atoms with van der Waals surface area (Å²) in [5.41, 5.74) is 0.745. The molecule has 0 aliphatic carbocycles. The Bertz CT molecular complexity index is 899. The van der Waals surface area contributed by atoms with Crippen molar-refractivity contribution in [3.63, 3.8) is 0 Å². The van der Waals surface area contributed by atoms with Crippen molar-refractivity contribution in [2.24, 2.45) is 0 Å². The molecule has 1 amide bonds. The summed E-state index contributed by atoms with van der Waals surface area (Å²) in [6, 6.07) is 15.2. The van der Waals surface area contributed by atoms with Crippen molar-refractivity contribution in [3.05, 3.63) is 53.6 Å². The number of quaternary nitrogens is 1. The highest BCUT2D eigenvalue weighted by molar-refractivity contribution is 7.22. The number of carbonyl (C=O) groups is 1. The Balaban J connectivity index is 1.73. The van der Waals surface area contributed by atoms with Crippen LogP contribution in [0.3, 0.4) is 0 Å². The van der Waals surface area contributed by atoms with Crippen LogP contribution in [0.4, 0.5) is 5.13 Å². The lowest BCUT2D eigenvalue weighted by Gasteiger charge is -2.20. The minimum absolute atomic E-state index is 0.00218. The quantitative estimate of drug-likeness (QED) is 0.628. The van der Waals surface area contributed by atoms with Gasteiger partial charge in [0.15, 0.2) is 5.13 Å². The van der Waals surface area contributed by atoms with Gasteiger partial charge in [0, 0.05) is 0 Å². The smallest absolute Gasteiger partial charge is 0.232 e. The van der Waals surface area contributed by atoms with Gasteiger partial charge in [-0.15, -0.1) is 0 Å². The van der Waals surface area contributed by atoms with Crippen LogP contribution >= 0.6 is 22.9 Å². The fourth-order valence-electron chi connectivity index (χ4n) is 2.59. The van der Waals surface area contributed by atoms with Gasteiger partial charge < -0.3 is 9.64 Å². The molecule has 0 bridgehead atoms. The Hall–Kier alpha value is -2.15. The van der Waals surface area contributed by atoms with E-state index in [0.717, 1.165) is 22.5 Å². The Morgan fingerprint density at radius 3 is 2.67 bits per heavy atom. The van der Waals surface area contributed by atoms with E-state index in [0.29, 0.717) is 29.7 Å². The zero-order valence-corrected chi connectivity index (χ0v) is 17.0. The molecule has 0 radical (unpaired) electrons. The van der Waals surface area contributed by atoms with E-state index < -0.39 is 0 Å². The van der Waals surface area contributed by atoms with E-state index in [4.69, 9.17) is 16.3 Å². The van der Waals surface area contributed by atoms with Crippen molar-refractivity contribution in [1.82, 2.24) is 4.98 Å².